The lowest BCUT2D eigenvalue weighted by Crippen LogP contribution is -2.40. The summed E-state index contributed by atoms with van der Waals surface area (Å²) in [6, 6.07) is 1.12. The van der Waals surface area contributed by atoms with Crippen LogP contribution in [0.25, 0.3) is 0 Å². The van der Waals surface area contributed by atoms with E-state index in [1.165, 1.54) is 0 Å². The minimum atomic E-state index is -1.16. The Morgan fingerprint density at radius 3 is 2.45 bits per heavy atom. The van der Waals surface area contributed by atoms with Crippen LogP contribution in [0.3, 0.4) is 0 Å². The number of carbonyl (C=O) groups is 1. The molecule has 0 aromatic rings. The highest BCUT2D eigenvalue weighted by molar-refractivity contribution is 6.76. The van der Waals surface area contributed by atoms with Crippen LogP contribution in [0.15, 0.2) is 5.16 Å². The number of amides is 1. The Bertz CT molecular complexity index is 347. The van der Waals surface area contributed by atoms with E-state index in [4.69, 9.17) is 15.7 Å². The number of amidine groups is 1. The third kappa shape index (κ3) is 6.27. The number of hydrogen-bond donors (Lipinski definition) is 3. The molecule has 1 rings (SSSR count). The van der Waals surface area contributed by atoms with Gasteiger partial charge >= 0.3 is 6.09 Å². The lowest BCUT2D eigenvalue weighted by Gasteiger charge is -2.28. The highest BCUT2D eigenvalue weighted by atomic mass is 28.3. The summed E-state index contributed by atoms with van der Waals surface area (Å²) in [5, 5.41) is 14.6. The predicted octanol–water partition coefficient (Wildman–Crippen LogP) is 2.36. The van der Waals surface area contributed by atoms with Gasteiger partial charge in [0.15, 0.2) is 0 Å². The molecule has 116 valence electrons. The van der Waals surface area contributed by atoms with Crippen LogP contribution in [0.2, 0.25) is 25.7 Å². The highest BCUT2D eigenvalue weighted by Gasteiger charge is 2.25. The first-order chi connectivity index (χ1) is 9.31. The Balaban J connectivity index is 2.21. The van der Waals surface area contributed by atoms with Crippen LogP contribution in [0.5, 0.6) is 0 Å². The fourth-order valence-electron chi connectivity index (χ4n) is 2.27. The van der Waals surface area contributed by atoms with E-state index < -0.39 is 8.07 Å². The van der Waals surface area contributed by atoms with E-state index in [1.807, 2.05) is 0 Å². The van der Waals surface area contributed by atoms with Gasteiger partial charge in [-0.2, -0.15) is 0 Å². The zero-order chi connectivity index (χ0) is 15.2. The Morgan fingerprint density at radius 2 is 1.95 bits per heavy atom. The van der Waals surface area contributed by atoms with Crippen molar-refractivity contribution in [3.05, 3.63) is 0 Å². The molecule has 0 radical (unpaired) electrons. The standard InChI is InChI=1S/C13H27N3O3Si/c1-20(2,3)9-8-19-13(17)15-11-6-4-10(5-7-11)12(14)16-18/h10-11,18H,4-9H2,1-3H3,(H2,14,16)(H,15,17)/t10-,11-. The highest BCUT2D eigenvalue weighted by Crippen LogP contribution is 2.24. The van der Waals surface area contributed by atoms with Gasteiger partial charge in [0.2, 0.25) is 0 Å². The van der Waals surface area contributed by atoms with Crippen LogP contribution in [0, 0.1) is 5.92 Å². The average molecular weight is 301 g/mol. The smallest absolute Gasteiger partial charge is 0.407 e. The molecule has 1 amide bonds. The fraction of sp³-hybridized carbons (Fsp3) is 0.846. The first-order valence-corrected chi connectivity index (χ1v) is 10.9. The SMILES string of the molecule is C[Si](C)(C)CCOC(=O)N[C@H]1CC[C@H](/C(N)=N/O)CC1. The van der Waals surface area contributed by atoms with Gasteiger partial charge < -0.3 is 21.0 Å². The second-order valence-corrected chi connectivity index (χ2v) is 12.3. The second kappa shape index (κ2) is 7.52. The number of alkyl carbamates (subject to hydrolysis) is 1. The molecule has 1 aliphatic carbocycles. The van der Waals surface area contributed by atoms with Crippen LogP contribution >= 0.6 is 0 Å². The van der Waals surface area contributed by atoms with Crippen molar-refractivity contribution in [1.29, 1.82) is 0 Å². The van der Waals surface area contributed by atoms with E-state index >= 15 is 0 Å². The number of carbonyl (C=O) groups excluding carboxylic acids is 1. The molecular weight excluding hydrogens is 274 g/mol. The molecule has 1 fully saturated rings. The quantitative estimate of drug-likeness (QED) is 0.239. The number of rotatable bonds is 5. The molecule has 0 unspecified atom stereocenters. The molecule has 0 bridgehead atoms. The predicted molar refractivity (Wildman–Crippen MR) is 81.8 cm³/mol. The Hall–Kier alpha value is -1.24. The largest absolute Gasteiger partial charge is 0.450 e. The zero-order valence-corrected chi connectivity index (χ0v) is 13.7. The minimum Gasteiger partial charge on any atom is -0.450 e. The average Bonchev–Trinajstić information content (AvgIpc) is 2.37. The van der Waals surface area contributed by atoms with Gasteiger partial charge in [-0.3, -0.25) is 0 Å². The van der Waals surface area contributed by atoms with Crippen LogP contribution in [0.4, 0.5) is 4.79 Å². The molecule has 7 heteroatoms. The topological polar surface area (TPSA) is 96.9 Å². The van der Waals surface area contributed by atoms with E-state index in [0.29, 0.717) is 12.4 Å². The van der Waals surface area contributed by atoms with Gasteiger partial charge in [-0.1, -0.05) is 24.8 Å². The third-order valence-electron chi connectivity index (χ3n) is 3.67. The van der Waals surface area contributed by atoms with Crippen molar-refractivity contribution in [3.8, 4) is 0 Å². The van der Waals surface area contributed by atoms with Crippen LogP contribution in [0.1, 0.15) is 25.7 Å². The molecule has 0 saturated heterocycles. The monoisotopic (exact) mass is 301 g/mol. The Morgan fingerprint density at radius 1 is 1.35 bits per heavy atom. The van der Waals surface area contributed by atoms with Crippen LogP contribution < -0.4 is 11.1 Å². The Kier molecular flexibility index (Phi) is 6.32. The van der Waals surface area contributed by atoms with E-state index in [0.717, 1.165) is 31.7 Å². The van der Waals surface area contributed by atoms with Gasteiger partial charge in [0.05, 0.1) is 6.61 Å². The number of oxime groups is 1. The summed E-state index contributed by atoms with van der Waals surface area (Å²) in [6.45, 7) is 7.26. The second-order valence-electron chi connectivity index (χ2n) is 6.66. The first-order valence-electron chi connectivity index (χ1n) is 7.22. The van der Waals surface area contributed by atoms with Gasteiger partial charge in [-0.05, 0) is 31.7 Å². The molecule has 0 spiro atoms. The van der Waals surface area contributed by atoms with Gasteiger partial charge in [-0.25, -0.2) is 4.79 Å². The van der Waals surface area contributed by atoms with Crippen molar-refractivity contribution in [1.82, 2.24) is 5.32 Å². The minimum absolute atomic E-state index is 0.126. The normalized spacial score (nSPS) is 24.2. The number of hydrogen-bond acceptors (Lipinski definition) is 4. The summed E-state index contributed by atoms with van der Waals surface area (Å²) < 4.78 is 5.21. The van der Waals surface area contributed by atoms with Gasteiger partial charge in [0, 0.05) is 20.0 Å². The molecular formula is C13H27N3O3Si. The lowest BCUT2D eigenvalue weighted by molar-refractivity contribution is 0.144. The molecule has 0 aliphatic heterocycles. The molecule has 0 heterocycles. The van der Waals surface area contributed by atoms with E-state index in [1.54, 1.807) is 0 Å². The van der Waals surface area contributed by atoms with Gasteiger partial charge in [-0.15, -0.1) is 0 Å². The molecule has 1 aliphatic rings. The first kappa shape index (κ1) is 16.8. The summed E-state index contributed by atoms with van der Waals surface area (Å²) in [5.74, 6) is 0.419. The van der Waals surface area contributed by atoms with Crippen LogP contribution in [-0.2, 0) is 4.74 Å². The summed E-state index contributed by atoms with van der Waals surface area (Å²) in [4.78, 5) is 11.7. The van der Waals surface area contributed by atoms with Crippen LogP contribution in [-0.4, -0.2) is 37.9 Å². The molecule has 1 saturated carbocycles. The summed E-state index contributed by atoms with van der Waals surface area (Å²) in [7, 11) is -1.16. The van der Waals surface area contributed by atoms with Crippen molar-refractivity contribution < 1.29 is 14.7 Å². The summed E-state index contributed by atoms with van der Waals surface area (Å²) >= 11 is 0. The van der Waals surface area contributed by atoms with Crippen molar-refractivity contribution in [2.45, 2.75) is 57.4 Å². The maximum absolute atomic E-state index is 11.7. The van der Waals surface area contributed by atoms with E-state index in [9.17, 15) is 4.79 Å². The van der Waals surface area contributed by atoms with Gasteiger partial charge in [0.1, 0.15) is 5.84 Å². The summed E-state index contributed by atoms with van der Waals surface area (Å²) in [6.07, 6.45) is 3.01. The third-order valence-corrected chi connectivity index (χ3v) is 5.37. The number of ether oxygens (including phenoxy) is 1. The van der Waals surface area contributed by atoms with E-state index in [2.05, 4.69) is 30.1 Å². The number of nitrogens with one attached hydrogen (secondary N) is 1. The number of nitrogens with zero attached hydrogens (tertiary/aromatic N) is 1. The maximum Gasteiger partial charge on any atom is 0.407 e. The molecule has 4 N–H and O–H groups in total. The van der Waals surface area contributed by atoms with Crippen molar-refractivity contribution >= 4 is 20.0 Å². The molecule has 0 aromatic heterocycles. The molecule has 0 atom stereocenters. The maximum atomic E-state index is 11.7. The van der Waals surface area contributed by atoms with Crippen molar-refractivity contribution in [2.24, 2.45) is 16.8 Å². The Labute approximate surface area is 121 Å². The summed E-state index contributed by atoms with van der Waals surface area (Å²) in [5.41, 5.74) is 5.59. The van der Waals surface area contributed by atoms with Crippen molar-refractivity contribution in [2.75, 3.05) is 6.61 Å². The zero-order valence-electron chi connectivity index (χ0n) is 12.7. The fourth-order valence-corrected chi connectivity index (χ4v) is 2.99. The van der Waals surface area contributed by atoms with Crippen molar-refractivity contribution in [3.63, 3.8) is 0 Å². The van der Waals surface area contributed by atoms with E-state index in [-0.39, 0.29) is 18.1 Å². The lowest BCUT2D eigenvalue weighted by atomic mass is 9.85. The number of nitrogens with two attached hydrogens (primary N) is 1. The molecule has 20 heavy (non-hydrogen) atoms. The van der Waals surface area contributed by atoms with Gasteiger partial charge in [0.25, 0.3) is 0 Å². The molecule has 6 nitrogen and oxygen atoms in total. The molecule has 0 aromatic carbocycles.